The molecule has 0 aliphatic carbocycles. The Morgan fingerprint density at radius 1 is 1.04 bits per heavy atom. The number of sulfonamides is 1. The first-order chi connectivity index (χ1) is 32.7. The molecule has 0 radical (unpaired) electrons. The van der Waals surface area contributed by atoms with E-state index in [4.69, 9.17) is 25.7 Å². The van der Waals surface area contributed by atoms with Gasteiger partial charge in [-0.05, 0) is 104 Å². The number of thiophene rings is 1. The van der Waals surface area contributed by atoms with Crippen molar-refractivity contribution in [3.05, 3.63) is 93.5 Å². The molecule has 2 aliphatic heterocycles. The smallest absolute Gasteiger partial charge is 0.349 e. The maximum Gasteiger partial charge on any atom is 0.349 e. The van der Waals surface area contributed by atoms with Gasteiger partial charge in [-0.1, -0.05) is 48.0 Å². The quantitative estimate of drug-likeness (QED) is 0.0595. The second-order valence-electron chi connectivity index (χ2n) is 17.8. The number of oxazole rings is 1. The number of amides is 1. The third kappa shape index (κ3) is 9.90. The highest BCUT2D eigenvalue weighted by molar-refractivity contribution is 7.88. The minimum Gasteiger partial charge on any atom is -0.483 e. The number of nitrogens with one attached hydrogen (secondary N) is 3. The van der Waals surface area contributed by atoms with Crippen LogP contribution in [0.2, 0.25) is 5.02 Å². The molecule has 5 heterocycles. The van der Waals surface area contributed by atoms with Crippen LogP contribution in [0.5, 0.6) is 5.75 Å². The molecule has 2 aliphatic rings. The van der Waals surface area contributed by atoms with Gasteiger partial charge in [0.1, 0.15) is 23.4 Å². The van der Waals surface area contributed by atoms with Crippen molar-refractivity contribution in [2.24, 2.45) is 0 Å². The Morgan fingerprint density at radius 2 is 1.82 bits per heavy atom. The van der Waals surface area contributed by atoms with Crippen LogP contribution < -0.4 is 25.6 Å². The number of rotatable bonds is 18. The van der Waals surface area contributed by atoms with Gasteiger partial charge in [0.2, 0.25) is 21.6 Å². The minimum atomic E-state index is -3.79. The van der Waals surface area contributed by atoms with Crippen LogP contribution in [0.15, 0.2) is 71.3 Å². The second-order valence-corrected chi connectivity index (χ2v) is 21.1. The number of hydrogen-bond acceptors (Lipinski definition) is 14. The first kappa shape index (κ1) is 48.4. The van der Waals surface area contributed by atoms with Crippen LogP contribution >= 0.6 is 22.9 Å². The summed E-state index contributed by atoms with van der Waals surface area (Å²) in [6.45, 7) is 5.15. The van der Waals surface area contributed by atoms with Crippen LogP contribution in [0.3, 0.4) is 0 Å². The molecule has 8 rings (SSSR count). The molecule has 19 heteroatoms. The number of carboxylic acids is 1. The van der Waals surface area contributed by atoms with Crippen molar-refractivity contribution in [2.45, 2.75) is 81.5 Å². The second kappa shape index (κ2) is 20.3. The summed E-state index contributed by atoms with van der Waals surface area (Å²) in [5.41, 5.74) is 5.02. The number of pyridine rings is 1. The van der Waals surface area contributed by atoms with Gasteiger partial charge in [-0.3, -0.25) is 9.59 Å². The molecule has 16 nitrogen and oxygen atoms in total. The average molecular weight is 985 g/mol. The Hall–Kier alpha value is -6.08. The number of benzene rings is 3. The summed E-state index contributed by atoms with van der Waals surface area (Å²) in [5.74, 6) is -1.87. The number of carbonyl (C=O) groups excluding carboxylic acids is 3. The highest BCUT2D eigenvalue weighted by Crippen LogP contribution is 2.46. The summed E-state index contributed by atoms with van der Waals surface area (Å²) in [6, 6.07) is 19.8. The fourth-order valence-corrected chi connectivity index (χ4v) is 13.2. The Morgan fingerprint density at radius 3 is 2.53 bits per heavy atom. The summed E-state index contributed by atoms with van der Waals surface area (Å²) in [6.07, 6.45) is 6.32. The normalized spacial score (nSPS) is 17.2. The maximum absolute atomic E-state index is 14.1. The van der Waals surface area contributed by atoms with E-state index in [1.807, 2.05) is 57.3 Å². The molecule has 2 unspecified atom stereocenters. The molecule has 1 amide bonds. The van der Waals surface area contributed by atoms with E-state index in [0.717, 1.165) is 58.2 Å². The van der Waals surface area contributed by atoms with Crippen molar-refractivity contribution in [1.82, 2.24) is 19.6 Å². The monoisotopic (exact) mass is 983 g/mol. The van der Waals surface area contributed by atoms with Gasteiger partial charge in [0.05, 0.1) is 16.5 Å². The molecule has 4 N–H and O–H groups in total. The van der Waals surface area contributed by atoms with Crippen LogP contribution in [0.4, 0.5) is 17.4 Å². The zero-order valence-corrected chi connectivity index (χ0v) is 40.6. The predicted octanol–water partition coefficient (Wildman–Crippen LogP) is 8.45. The highest BCUT2D eigenvalue weighted by atomic mass is 35.5. The van der Waals surface area contributed by atoms with Gasteiger partial charge in [0.25, 0.3) is 6.01 Å². The number of piperidine rings is 2. The summed E-state index contributed by atoms with van der Waals surface area (Å²) in [5, 5.41) is 21.5. The van der Waals surface area contributed by atoms with E-state index in [1.165, 1.54) is 11.8 Å². The van der Waals surface area contributed by atoms with Crippen molar-refractivity contribution in [3.63, 3.8) is 0 Å². The lowest BCUT2D eigenvalue weighted by Gasteiger charge is -2.44. The number of fused-ring (bicyclic) bond motifs is 2. The number of carboxylic acid groups (broad SMARTS) is 1. The molecule has 0 saturated carbocycles. The SMILES string of the molecule is CNC(=O)C(CCC=O)c1cccc2c(C3CCN(c4nc5cc(CS(=O)(=O)N6CCC(Nc7cccc(-c8sc(C(=O)O)c(OCC=O)c8Cl)c7)CC6(C)C)cnc5o4)CC3)ccc(NC)c12. The number of anilines is 3. The van der Waals surface area contributed by atoms with Gasteiger partial charge in [-0.15, -0.1) is 11.3 Å². The lowest BCUT2D eigenvalue weighted by Crippen LogP contribution is -2.55. The van der Waals surface area contributed by atoms with Gasteiger partial charge in [0.15, 0.2) is 16.9 Å². The van der Waals surface area contributed by atoms with Gasteiger partial charge in [-0.25, -0.2) is 18.2 Å². The van der Waals surface area contributed by atoms with Gasteiger partial charge < -0.3 is 39.9 Å². The van der Waals surface area contributed by atoms with Crippen LogP contribution in [0.1, 0.15) is 90.6 Å². The molecule has 0 spiro atoms. The molecule has 0 bridgehead atoms. The molecule has 2 fully saturated rings. The minimum absolute atomic E-state index is 0.0454. The van der Waals surface area contributed by atoms with E-state index in [1.54, 1.807) is 17.4 Å². The largest absolute Gasteiger partial charge is 0.483 e. The van der Waals surface area contributed by atoms with Crippen LogP contribution in [0, 0.1) is 0 Å². The summed E-state index contributed by atoms with van der Waals surface area (Å²) >= 11 is 7.53. The lowest BCUT2D eigenvalue weighted by molar-refractivity contribution is -0.122. The zero-order chi connectivity index (χ0) is 48.3. The van der Waals surface area contributed by atoms with Gasteiger partial charge in [-0.2, -0.15) is 9.29 Å². The van der Waals surface area contributed by atoms with Crippen LogP contribution in [-0.4, -0.2) is 104 Å². The molecular weight excluding hydrogens is 930 g/mol. The number of carbonyl (C=O) groups is 4. The van der Waals surface area contributed by atoms with Gasteiger partial charge >= 0.3 is 5.97 Å². The Bertz CT molecular complexity index is 2980. The van der Waals surface area contributed by atoms with E-state index in [2.05, 4.69) is 44.0 Å². The maximum atomic E-state index is 14.1. The third-order valence-corrected chi connectivity index (χ3v) is 16.7. The Balaban J connectivity index is 0.916. The zero-order valence-electron chi connectivity index (χ0n) is 38.2. The standard InChI is InChI=1S/C49H54ClN7O9S2/c1-49(2)26-33(54-32-9-5-8-31(25-32)43-41(50)42(65-23-22-59)44(67-43)47(61)62)17-20-57(49)68(63,64)28-29-24-39-46(53-27-29)66-48(55-39)56-18-15-30(16-19-56)34-13-14-38(51-3)40-35(34)10-6-11-36(40)37(12-7-21-58)45(60)52-4/h5-6,8-11,13-14,21-22,24-25,27,30,33,37,51,54H,7,12,15-20,23,26,28H2,1-4H3,(H,52,60)(H,61,62). The van der Waals surface area contributed by atoms with Crippen molar-refractivity contribution >= 4 is 96.8 Å². The number of likely N-dealkylation sites (N-methyl/N-ethyl adjacent to an activating group) is 1. The van der Waals surface area contributed by atoms with Gasteiger partial charge in [0, 0.05) is 74.7 Å². The number of aromatic carboxylic acids is 1. The van der Waals surface area contributed by atoms with Crippen LogP contribution in [-0.2, 0) is 30.2 Å². The van der Waals surface area contributed by atoms with Crippen molar-refractivity contribution in [1.29, 1.82) is 0 Å². The first-order valence-corrected chi connectivity index (χ1v) is 25.3. The molecule has 358 valence electrons. The summed E-state index contributed by atoms with van der Waals surface area (Å²) in [4.78, 5) is 59.0. The first-order valence-electron chi connectivity index (χ1n) is 22.5. The number of hydrogen-bond donors (Lipinski definition) is 4. The number of ether oxygens (including phenoxy) is 1. The molecule has 68 heavy (non-hydrogen) atoms. The fraction of sp³-hybridized carbons (Fsp3) is 0.388. The molecule has 6 aromatic rings. The van der Waals surface area contributed by atoms with E-state index >= 15 is 0 Å². The Kier molecular flexibility index (Phi) is 14.4. The molecule has 3 aromatic heterocycles. The molecule has 2 saturated heterocycles. The lowest BCUT2D eigenvalue weighted by atomic mass is 9.82. The molecule has 3 aromatic carbocycles. The summed E-state index contributed by atoms with van der Waals surface area (Å²) in [7, 11) is -0.305. The molecular formula is C49H54ClN7O9S2. The van der Waals surface area contributed by atoms with E-state index in [0.29, 0.717) is 71.9 Å². The summed E-state index contributed by atoms with van der Waals surface area (Å²) < 4.78 is 41.3. The van der Waals surface area contributed by atoms with E-state index < -0.39 is 27.4 Å². The third-order valence-electron chi connectivity index (χ3n) is 13.0. The highest BCUT2D eigenvalue weighted by Gasteiger charge is 2.42. The van der Waals surface area contributed by atoms with Crippen molar-refractivity contribution in [3.8, 4) is 16.2 Å². The van der Waals surface area contributed by atoms with E-state index in [-0.39, 0.29) is 58.8 Å². The number of halogens is 1. The Labute approximate surface area is 403 Å². The molecule has 2 atom stereocenters. The number of aromatic nitrogens is 2. The fourth-order valence-electron chi connectivity index (χ4n) is 9.86. The average Bonchev–Trinajstić information content (AvgIpc) is 3.90. The van der Waals surface area contributed by atoms with Crippen molar-refractivity contribution in [2.75, 3.05) is 55.9 Å². The van der Waals surface area contributed by atoms with Crippen LogP contribution in [0.25, 0.3) is 32.4 Å². The number of nitrogens with zero attached hydrogens (tertiary/aromatic N) is 4. The predicted molar refractivity (Wildman–Crippen MR) is 265 cm³/mol. The number of aldehydes is 2. The van der Waals surface area contributed by atoms with E-state index in [9.17, 15) is 32.7 Å². The van der Waals surface area contributed by atoms with Crippen molar-refractivity contribution < 1.29 is 41.9 Å². The topological polar surface area (TPSA) is 213 Å².